The van der Waals surface area contributed by atoms with Gasteiger partial charge in [0.15, 0.2) is 0 Å². The monoisotopic (exact) mass is 351 g/mol. The van der Waals surface area contributed by atoms with Gasteiger partial charge in [-0.05, 0) is 24.5 Å². The average Bonchev–Trinajstić information content (AvgIpc) is 2.89. The summed E-state index contributed by atoms with van der Waals surface area (Å²) >= 11 is 0. The highest BCUT2D eigenvalue weighted by Gasteiger charge is 2.52. The smallest absolute Gasteiger partial charge is 0.318 e. The third-order valence-electron chi connectivity index (χ3n) is 4.61. The Morgan fingerprint density at radius 2 is 1.73 bits per heavy atom. The second-order valence-corrected chi connectivity index (χ2v) is 6.39. The van der Waals surface area contributed by atoms with Gasteiger partial charge in [0.2, 0.25) is 5.91 Å². The SMILES string of the molecule is CC[C@@]1(c2ccccc2)NC(=O)N(NC(=O)Cc2ccc(C)cc2)C1=O. The molecule has 0 aliphatic carbocycles. The van der Waals surface area contributed by atoms with Crippen LogP contribution in [0.2, 0.25) is 0 Å². The van der Waals surface area contributed by atoms with E-state index in [2.05, 4.69) is 10.7 Å². The van der Waals surface area contributed by atoms with Gasteiger partial charge in [0.05, 0.1) is 6.42 Å². The van der Waals surface area contributed by atoms with E-state index in [1.54, 1.807) is 12.1 Å². The molecule has 0 spiro atoms. The van der Waals surface area contributed by atoms with Crippen molar-refractivity contribution in [2.75, 3.05) is 0 Å². The maximum Gasteiger partial charge on any atom is 0.344 e. The van der Waals surface area contributed by atoms with Gasteiger partial charge < -0.3 is 5.32 Å². The lowest BCUT2D eigenvalue weighted by Gasteiger charge is -2.25. The number of aryl methyl sites for hydroxylation is 1. The molecule has 1 heterocycles. The van der Waals surface area contributed by atoms with Crippen molar-refractivity contribution in [3.63, 3.8) is 0 Å². The molecular formula is C20H21N3O3. The summed E-state index contributed by atoms with van der Waals surface area (Å²) in [5.74, 6) is -0.897. The maximum atomic E-state index is 12.9. The molecule has 2 aromatic rings. The van der Waals surface area contributed by atoms with Crippen molar-refractivity contribution in [2.24, 2.45) is 0 Å². The molecule has 6 heteroatoms. The molecule has 1 aliphatic heterocycles. The van der Waals surface area contributed by atoms with E-state index in [1.165, 1.54) is 0 Å². The maximum absolute atomic E-state index is 12.9. The van der Waals surface area contributed by atoms with E-state index < -0.39 is 23.4 Å². The molecule has 3 rings (SSSR count). The van der Waals surface area contributed by atoms with Crippen LogP contribution in [0.15, 0.2) is 54.6 Å². The van der Waals surface area contributed by atoms with Crippen LogP contribution in [0.5, 0.6) is 0 Å². The molecule has 4 amide bonds. The minimum atomic E-state index is -1.16. The predicted molar refractivity (Wildman–Crippen MR) is 96.8 cm³/mol. The first-order valence-electron chi connectivity index (χ1n) is 8.53. The van der Waals surface area contributed by atoms with Crippen LogP contribution in [0.1, 0.15) is 30.0 Å². The summed E-state index contributed by atoms with van der Waals surface area (Å²) in [7, 11) is 0. The summed E-state index contributed by atoms with van der Waals surface area (Å²) in [4.78, 5) is 37.6. The van der Waals surface area contributed by atoms with Crippen LogP contribution >= 0.6 is 0 Å². The number of amides is 4. The number of imide groups is 1. The lowest BCUT2D eigenvalue weighted by atomic mass is 9.87. The van der Waals surface area contributed by atoms with Crippen LogP contribution in [0.4, 0.5) is 4.79 Å². The van der Waals surface area contributed by atoms with Crippen molar-refractivity contribution in [2.45, 2.75) is 32.2 Å². The number of hydrogen-bond acceptors (Lipinski definition) is 3. The zero-order valence-electron chi connectivity index (χ0n) is 14.8. The van der Waals surface area contributed by atoms with Crippen LogP contribution < -0.4 is 10.7 Å². The topological polar surface area (TPSA) is 78.5 Å². The van der Waals surface area contributed by atoms with Gasteiger partial charge in [0.1, 0.15) is 5.54 Å². The number of urea groups is 1. The molecule has 1 aliphatic rings. The van der Waals surface area contributed by atoms with E-state index in [0.717, 1.165) is 16.1 Å². The van der Waals surface area contributed by atoms with Crippen molar-refractivity contribution >= 4 is 17.8 Å². The third-order valence-corrected chi connectivity index (χ3v) is 4.61. The summed E-state index contributed by atoms with van der Waals surface area (Å²) in [6, 6.07) is 15.9. The average molecular weight is 351 g/mol. The van der Waals surface area contributed by atoms with Gasteiger partial charge in [-0.1, -0.05) is 67.1 Å². The second-order valence-electron chi connectivity index (χ2n) is 6.39. The highest BCUT2D eigenvalue weighted by atomic mass is 16.2. The number of nitrogens with one attached hydrogen (secondary N) is 2. The van der Waals surface area contributed by atoms with Crippen LogP contribution in [0.25, 0.3) is 0 Å². The van der Waals surface area contributed by atoms with Crippen molar-refractivity contribution in [3.05, 3.63) is 71.3 Å². The van der Waals surface area contributed by atoms with E-state index in [4.69, 9.17) is 0 Å². The molecule has 134 valence electrons. The highest BCUT2D eigenvalue weighted by Crippen LogP contribution is 2.31. The molecular weight excluding hydrogens is 330 g/mol. The van der Waals surface area contributed by atoms with Gasteiger partial charge >= 0.3 is 6.03 Å². The molecule has 0 radical (unpaired) electrons. The third kappa shape index (κ3) is 3.18. The molecule has 1 fully saturated rings. The molecule has 2 N–H and O–H groups in total. The second kappa shape index (κ2) is 7.00. The largest absolute Gasteiger partial charge is 0.344 e. The first-order valence-corrected chi connectivity index (χ1v) is 8.53. The Labute approximate surface area is 152 Å². The normalized spacial score (nSPS) is 19.4. The minimum absolute atomic E-state index is 0.0851. The molecule has 6 nitrogen and oxygen atoms in total. The van der Waals surface area contributed by atoms with Crippen LogP contribution in [-0.4, -0.2) is 22.9 Å². The summed E-state index contributed by atoms with van der Waals surface area (Å²) in [5, 5.41) is 3.52. The summed E-state index contributed by atoms with van der Waals surface area (Å²) in [6.07, 6.45) is 0.466. The van der Waals surface area contributed by atoms with E-state index in [0.29, 0.717) is 12.0 Å². The van der Waals surface area contributed by atoms with Crippen LogP contribution in [0, 0.1) is 6.92 Å². The highest BCUT2D eigenvalue weighted by molar-refractivity contribution is 6.08. The van der Waals surface area contributed by atoms with Gasteiger partial charge in [0.25, 0.3) is 5.91 Å². The lowest BCUT2D eigenvalue weighted by Crippen LogP contribution is -2.49. The zero-order chi connectivity index (χ0) is 18.7. The first kappa shape index (κ1) is 17.7. The van der Waals surface area contributed by atoms with Crippen molar-refractivity contribution in [1.82, 2.24) is 15.8 Å². The summed E-state index contributed by atoms with van der Waals surface area (Å²) in [5.41, 5.74) is 3.87. The minimum Gasteiger partial charge on any atom is -0.318 e. The van der Waals surface area contributed by atoms with E-state index in [-0.39, 0.29) is 6.42 Å². The van der Waals surface area contributed by atoms with Crippen LogP contribution in [0.3, 0.4) is 0 Å². The van der Waals surface area contributed by atoms with Crippen molar-refractivity contribution < 1.29 is 14.4 Å². The lowest BCUT2D eigenvalue weighted by molar-refractivity contribution is -0.139. The Bertz CT molecular complexity index is 833. The van der Waals surface area contributed by atoms with Crippen molar-refractivity contribution in [3.8, 4) is 0 Å². The van der Waals surface area contributed by atoms with Crippen molar-refractivity contribution in [1.29, 1.82) is 0 Å². The molecule has 26 heavy (non-hydrogen) atoms. The number of hydrogen-bond donors (Lipinski definition) is 2. The van der Waals surface area contributed by atoms with Crippen LogP contribution in [-0.2, 0) is 21.5 Å². The Morgan fingerprint density at radius 1 is 1.08 bits per heavy atom. The molecule has 0 bridgehead atoms. The fourth-order valence-electron chi connectivity index (χ4n) is 3.09. The molecule has 1 saturated heterocycles. The standard InChI is InChI=1S/C20H21N3O3/c1-3-20(16-7-5-4-6-8-16)18(25)23(19(26)21-20)22-17(24)13-15-11-9-14(2)10-12-15/h4-12H,3,13H2,1-2H3,(H,21,26)(H,22,24)/t20-/m0/s1. The van der Waals surface area contributed by atoms with E-state index >= 15 is 0 Å². The summed E-state index contributed by atoms with van der Waals surface area (Å²) < 4.78 is 0. The molecule has 0 unspecified atom stereocenters. The number of carbonyl (C=O) groups is 3. The zero-order valence-corrected chi connectivity index (χ0v) is 14.8. The molecule has 0 saturated carbocycles. The van der Waals surface area contributed by atoms with Gasteiger partial charge in [-0.25, -0.2) is 4.79 Å². The molecule has 0 aromatic heterocycles. The Morgan fingerprint density at radius 3 is 2.35 bits per heavy atom. The van der Waals surface area contributed by atoms with Gasteiger partial charge in [-0.15, -0.1) is 0 Å². The Hall–Kier alpha value is -3.15. The number of nitrogens with zero attached hydrogens (tertiary/aromatic N) is 1. The number of rotatable bonds is 5. The predicted octanol–water partition coefficient (Wildman–Crippen LogP) is 2.43. The number of benzene rings is 2. The Balaban J connectivity index is 1.76. The molecule has 2 aromatic carbocycles. The quantitative estimate of drug-likeness (QED) is 0.812. The number of hydrazine groups is 1. The Kier molecular flexibility index (Phi) is 4.75. The molecule has 1 atom stereocenters. The van der Waals surface area contributed by atoms with Gasteiger partial charge in [-0.2, -0.15) is 5.01 Å². The van der Waals surface area contributed by atoms with Gasteiger partial charge in [0, 0.05) is 0 Å². The van der Waals surface area contributed by atoms with Gasteiger partial charge in [-0.3, -0.25) is 15.0 Å². The van der Waals surface area contributed by atoms with E-state index in [1.807, 2.05) is 56.3 Å². The van der Waals surface area contributed by atoms with E-state index in [9.17, 15) is 14.4 Å². The number of carbonyl (C=O) groups excluding carboxylic acids is 3. The summed E-state index contributed by atoms with van der Waals surface area (Å²) in [6.45, 7) is 3.79. The fourth-order valence-corrected chi connectivity index (χ4v) is 3.09. The fraction of sp³-hybridized carbons (Fsp3) is 0.250. The first-order chi connectivity index (χ1) is 12.5.